The number of carbonyl (C=O) groups excluding carboxylic acids is 1. The van der Waals surface area contributed by atoms with Gasteiger partial charge in [-0.05, 0) is 0 Å². The SMILES string of the molecule is [CH3][Sn]([CH3])([CH3])[C](=O)C(F)(F)F. The number of hydrogen-bond donors (Lipinski definition) is 0. The van der Waals surface area contributed by atoms with Crippen LogP contribution in [-0.4, -0.2) is 28.4 Å². The first-order valence-corrected chi connectivity index (χ1v) is 12.8. The van der Waals surface area contributed by atoms with Crippen molar-refractivity contribution in [3.63, 3.8) is 0 Å². The van der Waals surface area contributed by atoms with Gasteiger partial charge in [-0.3, -0.25) is 0 Å². The first-order valence-electron chi connectivity index (χ1n) is 2.77. The van der Waals surface area contributed by atoms with Gasteiger partial charge < -0.3 is 0 Å². The maximum absolute atomic E-state index is 11.6. The van der Waals surface area contributed by atoms with Gasteiger partial charge in [0.15, 0.2) is 0 Å². The van der Waals surface area contributed by atoms with Crippen molar-refractivity contribution < 1.29 is 18.0 Å². The van der Waals surface area contributed by atoms with Crippen molar-refractivity contribution in [3.8, 4) is 0 Å². The molecule has 0 fully saturated rings. The average Bonchev–Trinajstić information content (AvgIpc) is 1.59. The second-order valence-electron chi connectivity index (χ2n) is 3.08. The molecule has 0 aliphatic rings. The summed E-state index contributed by atoms with van der Waals surface area (Å²) in [4.78, 5) is 14.8. The number of carbonyl (C=O) groups is 1. The summed E-state index contributed by atoms with van der Waals surface area (Å²) in [5.41, 5.74) is 0. The van der Waals surface area contributed by atoms with E-state index in [0.717, 1.165) is 0 Å². The van der Waals surface area contributed by atoms with E-state index in [1.54, 1.807) is 0 Å². The van der Waals surface area contributed by atoms with E-state index in [1.807, 2.05) is 0 Å². The van der Waals surface area contributed by atoms with Gasteiger partial charge in [0, 0.05) is 0 Å². The van der Waals surface area contributed by atoms with E-state index in [1.165, 1.54) is 14.8 Å². The van der Waals surface area contributed by atoms with Gasteiger partial charge in [-0.25, -0.2) is 0 Å². The molecule has 0 aliphatic heterocycles. The van der Waals surface area contributed by atoms with E-state index < -0.39 is 28.4 Å². The molecule has 10 heavy (non-hydrogen) atoms. The first kappa shape index (κ1) is 10.3. The quantitative estimate of drug-likeness (QED) is 0.659. The Bertz CT molecular complexity index is 128. The molecule has 5 heteroatoms. The molecule has 0 unspecified atom stereocenters. The summed E-state index contributed by atoms with van der Waals surface area (Å²) in [6.45, 7) is 0. The molecular weight excluding hydrogens is 252 g/mol. The Balaban J connectivity index is 4.40. The fourth-order valence-corrected chi connectivity index (χ4v) is 2.85. The number of rotatable bonds is 1. The van der Waals surface area contributed by atoms with E-state index in [4.69, 9.17) is 0 Å². The Morgan fingerprint density at radius 3 is 1.50 bits per heavy atom. The number of halogens is 3. The normalized spacial score (nSPS) is 13.4. The molecule has 0 saturated carbocycles. The Morgan fingerprint density at radius 2 is 1.50 bits per heavy atom. The Kier molecular flexibility index (Phi) is 2.78. The van der Waals surface area contributed by atoms with Gasteiger partial charge in [0.05, 0.1) is 0 Å². The molecular formula is C5H9F3OSn. The summed E-state index contributed by atoms with van der Waals surface area (Å²) >= 11 is -3.35. The average molecular weight is 261 g/mol. The molecule has 0 radical (unpaired) electrons. The molecule has 0 rings (SSSR count). The minimum absolute atomic E-state index is 1.45. The summed E-state index contributed by atoms with van der Waals surface area (Å²) < 4.78 is 33.5. The fourth-order valence-electron chi connectivity index (χ4n) is 0.425. The van der Waals surface area contributed by atoms with Crippen molar-refractivity contribution in [1.82, 2.24) is 0 Å². The molecule has 60 valence electrons. The summed E-state index contributed by atoms with van der Waals surface area (Å²) in [5, 5.41) is 0. The number of alkyl halides is 3. The van der Waals surface area contributed by atoms with Crippen LogP contribution in [0, 0.1) is 0 Å². The molecule has 0 aromatic rings. The van der Waals surface area contributed by atoms with E-state index in [9.17, 15) is 18.0 Å². The van der Waals surface area contributed by atoms with Crippen LogP contribution in [0.1, 0.15) is 0 Å². The molecule has 0 aromatic carbocycles. The van der Waals surface area contributed by atoms with Gasteiger partial charge in [0.25, 0.3) is 0 Å². The van der Waals surface area contributed by atoms with Crippen molar-refractivity contribution in [2.24, 2.45) is 0 Å². The van der Waals surface area contributed by atoms with Gasteiger partial charge in [-0.2, -0.15) is 0 Å². The third-order valence-corrected chi connectivity index (χ3v) is 5.64. The zero-order chi connectivity index (χ0) is 8.58. The Morgan fingerprint density at radius 1 is 1.20 bits per heavy atom. The predicted octanol–water partition coefficient (Wildman–Crippen LogP) is 2.00. The Hall–Kier alpha value is 0.259. The van der Waals surface area contributed by atoms with Crippen LogP contribution in [0.25, 0.3) is 0 Å². The van der Waals surface area contributed by atoms with Crippen LogP contribution in [0.3, 0.4) is 0 Å². The molecule has 0 amide bonds. The zero-order valence-electron chi connectivity index (χ0n) is 6.04. The van der Waals surface area contributed by atoms with E-state index in [0.29, 0.717) is 0 Å². The molecule has 0 heterocycles. The third kappa shape index (κ3) is 2.90. The monoisotopic (exact) mass is 262 g/mol. The first-order chi connectivity index (χ1) is 4.15. The van der Waals surface area contributed by atoms with E-state index in [2.05, 4.69) is 0 Å². The molecule has 0 saturated heterocycles. The molecule has 1 nitrogen and oxygen atoms in total. The molecule has 0 N–H and O–H groups in total. The second-order valence-corrected chi connectivity index (χ2v) is 17.2. The van der Waals surface area contributed by atoms with Crippen LogP contribution in [0.2, 0.25) is 14.8 Å². The Labute approximate surface area is 61.5 Å². The summed E-state index contributed by atoms with van der Waals surface area (Å²) in [5.74, 6) is 0. The standard InChI is InChI=1S/C2F3O.3CH3.Sn/c3-2(4,5)1-6;;;;/h;3*1H3;. The van der Waals surface area contributed by atoms with Crippen molar-refractivity contribution in [2.45, 2.75) is 21.0 Å². The van der Waals surface area contributed by atoms with Gasteiger partial charge in [-0.15, -0.1) is 0 Å². The molecule has 0 atom stereocenters. The molecule has 0 aliphatic carbocycles. The van der Waals surface area contributed by atoms with Crippen molar-refractivity contribution in [3.05, 3.63) is 0 Å². The summed E-state index contributed by atoms with van der Waals surface area (Å²) in [7, 11) is 0. The van der Waals surface area contributed by atoms with Crippen LogP contribution in [0.15, 0.2) is 0 Å². The minimum atomic E-state index is -4.60. The maximum atomic E-state index is 11.6. The van der Waals surface area contributed by atoms with Crippen molar-refractivity contribution in [2.75, 3.05) is 0 Å². The third-order valence-electron chi connectivity index (χ3n) is 0.939. The van der Waals surface area contributed by atoms with Gasteiger partial charge >= 0.3 is 61.1 Å². The predicted molar refractivity (Wildman–Crippen MR) is 34.4 cm³/mol. The van der Waals surface area contributed by atoms with Crippen molar-refractivity contribution >= 4 is 22.2 Å². The van der Waals surface area contributed by atoms with Crippen molar-refractivity contribution in [1.29, 1.82) is 0 Å². The molecule has 0 aromatic heterocycles. The second kappa shape index (κ2) is 2.71. The zero-order valence-corrected chi connectivity index (χ0v) is 8.90. The fraction of sp³-hybridized carbons (Fsp3) is 0.800. The number of hydrogen-bond acceptors (Lipinski definition) is 1. The van der Waals surface area contributed by atoms with E-state index in [-0.39, 0.29) is 0 Å². The van der Waals surface area contributed by atoms with Gasteiger partial charge in [0.2, 0.25) is 0 Å². The van der Waals surface area contributed by atoms with E-state index >= 15 is 0 Å². The van der Waals surface area contributed by atoms with Crippen LogP contribution in [0.5, 0.6) is 0 Å². The van der Waals surface area contributed by atoms with Crippen LogP contribution >= 0.6 is 0 Å². The van der Waals surface area contributed by atoms with Crippen LogP contribution < -0.4 is 0 Å². The van der Waals surface area contributed by atoms with Gasteiger partial charge in [-0.1, -0.05) is 0 Å². The van der Waals surface area contributed by atoms with Crippen LogP contribution in [-0.2, 0) is 4.79 Å². The van der Waals surface area contributed by atoms with Gasteiger partial charge in [0.1, 0.15) is 0 Å². The molecule has 0 spiro atoms. The summed E-state index contributed by atoms with van der Waals surface area (Å²) in [6.07, 6.45) is -4.60. The molecule has 0 bridgehead atoms. The van der Waals surface area contributed by atoms with Crippen LogP contribution in [0.4, 0.5) is 13.2 Å². The summed E-state index contributed by atoms with van der Waals surface area (Å²) in [6, 6.07) is 0. The topological polar surface area (TPSA) is 17.1 Å².